The van der Waals surface area contributed by atoms with Crippen LogP contribution in [0.3, 0.4) is 0 Å². The molecule has 5 nitrogen and oxygen atoms in total. The summed E-state index contributed by atoms with van der Waals surface area (Å²) < 4.78 is 1.10. The van der Waals surface area contributed by atoms with Crippen LogP contribution >= 0.6 is 0 Å². The highest BCUT2D eigenvalue weighted by atomic mass is 16.2. The molecule has 2 N–H and O–H groups in total. The fraction of sp³-hybridized carbons (Fsp3) is 0.0500. The van der Waals surface area contributed by atoms with Crippen LogP contribution in [-0.4, -0.2) is 21.0 Å². The highest BCUT2D eigenvalue weighted by molar-refractivity contribution is 5.89. The number of primary amides is 1. The lowest BCUT2D eigenvalue weighted by atomic mass is 9.97. The van der Waals surface area contributed by atoms with Crippen LogP contribution in [0, 0.1) is 6.92 Å². The third-order valence-electron chi connectivity index (χ3n) is 4.33. The second-order valence-electron chi connectivity index (χ2n) is 5.94. The number of rotatable bonds is 2. The van der Waals surface area contributed by atoms with Gasteiger partial charge in [-0.15, -0.1) is 5.10 Å². The number of amides is 1. The summed E-state index contributed by atoms with van der Waals surface area (Å²) >= 11 is 0. The number of hydrogen-bond donors (Lipinski definition) is 1. The monoisotopic (exact) mass is 328 g/mol. The number of carbonyl (C=O) groups is 1. The molecule has 0 radical (unpaired) electrons. The lowest BCUT2D eigenvalue weighted by molar-refractivity contribution is 0.248. The summed E-state index contributed by atoms with van der Waals surface area (Å²) in [6.07, 6.45) is 0. The Morgan fingerprint density at radius 2 is 1.60 bits per heavy atom. The molecule has 4 aromatic rings. The van der Waals surface area contributed by atoms with E-state index in [1.54, 1.807) is 0 Å². The summed E-state index contributed by atoms with van der Waals surface area (Å²) in [6, 6.07) is 21.7. The van der Waals surface area contributed by atoms with E-state index in [0.717, 1.165) is 15.8 Å². The minimum atomic E-state index is -0.641. The number of carbonyl (C=O) groups excluding carboxylic acids is 1. The first-order chi connectivity index (χ1) is 12.1. The van der Waals surface area contributed by atoms with Crippen molar-refractivity contribution >= 4 is 17.1 Å². The maximum absolute atomic E-state index is 11.3. The van der Waals surface area contributed by atoms with E-state index in [9.17, 15) is 4.79 Å². The largest absolute Gasteiger partial charge is 0.350 e. The van der Waals surface area contributed by atoms with E-state index in [2.05, 4.69) is 53.6 Å². The Morgan fingerprint density at radius 3 is 2.32 bits per heavy atom. The van der Waals surface area contributed by atoms with Crippen LogP contribution in [-0.2, 0) is 0 Å². The van der Waals surface area contributed by atoms with Gasteiger partial charge in [0.2, 0.25) is 0 Å². The summed E-state index contributed by atoms with van der Waals surface area (Å²) in [7, 11) is 0. The van der Waals surface area contributed by atoms with Gasteiger partial charge in [0.05, 0.1) is 5.52 Å². The summed E-state index contributed by atoms with van der Waals surface area (Å²) in [5.74, 6) is 0. The predicted molar refractivity (Wildman–Crippen MR) is 98.1 cm³/mol. The van der Waals surface area contributed by atoms with Crippen molar-refractivity contribution in [3.05, 3.63) is 72.3 Å². The highest BCUT2D eigenvalue weighted by Crippen LogP contribution is 2.28. The molecular formula is C20H16N4O. The molecule has 4 rings (SSSR count). The molecular weight excluding hydrogens is 312 g/mol. The van der Waals surface area contributed by atoms with Crippen LogP contribution in [0.15, 0.2) is 66.7 Å². The van der Waals surface area contributed by atoms with Crippen molar-refractivity contribution in [2.75, 3.05) is 0 Å². The molecule has 122 valence electrons. The van der Waals surface area contributed by atoms with Crippen LogP contribution in [0.2, 0.25) is 0 Å². The molecule has 5 heteroatoms. The zero-order valence-electron chi connectivity index (χ0n) is 13.7. The minimum absolute atomic E-state index is 0.604. The van der Waals surface area contributed by atoms with Crippen LogP contribution in [0.1, 0.15) is 5.56 Å². The van der Waals surface area contributed by atoms with E-state index < -0.39 is 6.03 Å². The van der Waals surface area contributed by atoms with E-state index in [0.29, 0.717) is 11.0 Å². The standard InChI is InChI=1S/C20H16N4O/c1-13-4-2-3-5-17(13)15-8-6-14(7-9-15)16-10-11-19-18(12-16)22-23-24(19)20(21)25/h2-12H,1H3,(H2,21,25). The Morgan fingerprint density at radius 1 is 0.920 bits per heavy atom. The van der Waals surface area contributed by atoms with Crippen LogP contribution < -0.4 is 5.73 Å². The number of aromatic nitrogens is 3. The normalized spacial score (nSPS) is 10.9. The molecule has 0 aliphatic rings. The van der Waals surface area contributed by atoms with Gasteiger partial charge in [0, 0.05) is 0 Å². The summed E-state index contributed by atoms with van der Waals surface area (Å²) in [6.45, 7) is 2.11. The van der Waals surface area contributed by atoms with Crippen molar-refractivity contribution in [3.63, 3.8) is 0 Å². The molecule has 3 aromatic carbocycles. The van der Waals surface area contributed by atoms with Crippen molar-refractivity contribution in [1.29, 1.82) is 0 Å². The maximum atomic E-state index is 11.3. The fourth-order valence-electron chi connectivity index (χ4n) is 3.01. The molecule has 1 heterocycles. The van der Waals surface area contributed by atoms with Crippen molar-refractivity contribution in [2.45, 2.75) is 6.92 Å². The summed E-state index contributed by atoms with van der Waals surface area (Å²) in [4.78, 5) is 11.3. The van der Waals surface area contributed by atoms with Gasteiger partial charge in [0.15, 0.2) is 0 Å². The van der Waals surface area contributed by atoms with E-state index in [1.165, 1.54) is 16.7 Å². The zero-order valence-corrected chi connectivity index (χ0v) is 13.7. The molecule has 0 fully saturated rings. The second-order valence-corrected chi connectivity index (χ2v) is 5.94. The lowest BCUT2D eigenvalue weighted by Gasteiger charge is -2.07. The third-order valence-corrected chi connectivity index (χ3v) is 4.33. The SMILES string of the molecule is Cc1ccccc1-c1ccc(-c2ccc3c(c2)nnn3C(N)=O)cc1. The van der Waals surface area contributed by atoms with Gasteiger partial charge in [0.25, 0.3) is 0 Å². The lowest BCUT2D eigenvalue weighted by Crippen LogP contribution is -2.20. The van der Waals surface area contributed by atoms with Crippen LogP contribution in [0.25, 0.3) is 33.3 Å². The predicted octanol–water partition coefficient (Wildman–Crippen LogP) is 4.00. The van der Waals surface area contributed by atoms with Gasteiger partial charge in [-0.05, 0) is 46.9 Å². The molecule has 1 amide bonds. The van der Waals surface area contributed by atoms with E-state index in [-0.39, 0.29) is 0 Å². The maximum Gasteiger partial charge on any atom is 0.341 e. The average molecular weight is 328 g/mol. The van der Waals surface area contributed by atoms with E-state index in [4.69, 9.17) is 5.73 Å². The van der Waals surface area contributed by atoms with Gasteiger partial charge < -0.3 is 5.73 Å². The number of fused-ring (bicyclic) bond motifs is 1. The van der Waals surface area contributed by atoms with Crippen LogP contribution in [0.5, 0.6) is 0 Å². The molecule has 0 unspecified atom stereocenters. The van der Waals surface area contributed by atoms with Gasteiger partial charge in [-0.25, -0.2) is 4.79 Å². The van der Waals surface area contributed by atoms with Crippen molar-refractivity contribution in [3.8, 4) is 22.3 Å². The zero-order chi connectivity index (χ0) is 17.4. The molecule has 0 aliphatic heterocycles. The summed E-state index contributed by atoms with van der Waals surface area (Å²) in [5.41, 5.74) is 12.3. The third kappa shape index (κ3) is 2.65. The van der Waals surface area contributed by atoms with Crippen molar-refractivity contribution in [1.82, 2.24) is 15.0 Å². The van der Waals surface area contributed by atoms with E-state index >= 15 is 0 Å². The van der Waals surface area contributed by atoms with Gasteiger partial charge in [0.1, 0.15) is 5.52 Å². The number of hydrogen-bond acceptors (Lipinski definition) is 3. The first-order valence-electron chi connectivity index (χ1n) is 7.95. The van der Waals surface area contributed by atoms with Gasteiger partial charge >= 0.3 is 6.03 Å². The Kier molecular flexibility index (Phi) is 3.54. The van der Waals surface area contributed by atoms with Gasteiger partial charge in [-0.1, -0.05) is 59.8 Å². The average Bonchev–Trinajstić information content (AvgIpc) is 3.06. The quantitative estimate of drug-likeness (QED) is 0.604. The summed E-state index contributed by atoms with van der Waals surface area (Å²) in [5, 5.41) is 7.80. The number of nitrogens with two attached hydrogens (primary N) is 1. The van der Waals surface area contributed by atoms with Crippen molar-refractivity contribution < 1.29 is 4.79 Å². The highest BCUT2D eigenvalue weighted by Gasteiger charge is 2.10. The number of aryl methyl sites for hydroxylation is 1. The Balaban J connectivity index is 1.72. The number of nitrogens with zero attached hydrogens (tertiary/aromatic N) is 3. The molecule has 0 saturated heterocycles. The van der Waals surface area contributed by atoms with Gasteiger partial charge in [-0.3, -0.25) is 0 Å². The Labute approximate surface area is 144 Å². The number of benzene rings is 3. The van der Waals surface area contributed by atoms with Crippen LogP contribution in [0.4, 0.5) is 4.79 Å². The smallest absolute Gasteiger partial charge is 0.341 e. The molecule has 1 aromatic heterocycles. The Hall–Kier alpha value is -3.47. The fourth-order valence-corrected chi connectivity index (χ4v) is 3.01. The molecule has 0 spiro atoms. The minimum Gasteiger partial charge on any atom is -0.350 e. The molecule has 0 saturated carbocycles. The topological polar surface area (TPSA) is 73.8 Å². The Bertz CT molecular complexity index is 1080. The van der Waals surface area contributed by atoms with E-state index in [1.807, 2.05) is 30.3 Å². The second kappa shape index (κ2) is 5.87. The first kappa shape index (κ1) is 15.1. The first-order valence-corrected chi connectivity index (χ1v) is 7.95. The molecule has 0 aliphatic carbocycles. The molecule has 25 heavy (non-hydrogen) atoms. The molecule has 0 bridgehead atoms. The van der Waals surface area contributed by atoms with Crippen molar-refractivity contribution in [2.24, 2.45) is 5.73 Å². The molecule has 0 atom stereocenters. The van der Waals surface area contributed by atoms with Gasteiger partial charge in [-0.2, -0.15) is 4.68 Å².